The molecule has 0 spiro atoms. The molecule has 9 nitrogen and oxygen atoms in total. The molecule has 0 saturated carbocycles. The number of hydrogen-bond acceptors (Lipinski definition) is 7. The molecule has 1 aliphatic rings. The fourth-order valence-corrected chi connectivity index (χ4v) is 3.90. The number of imide groups is 2. The molecule has 0 aliphatic carbocycles. The SMILES string of the molecule is COc1cc(/C=C2/C(=O)NC(=O)N(Cc3ccco3)C2=O)ccc1OCCCOc1c(C)cccc1C. The van der Waals surface area contributed by atoms with E-state index in [1.54, 1.807) is 30.3 Å². The zero-order valence-corrected chi connectivity index (χ0v) is 20.9. The van der Waals surface area contributed by atoms with E-state index in [-0.39, 0.29) is 12.1 Å². The number of rotatable bonds is 10. The lowest BCUT2D eigenvalue weighted by atomic mass is 10.1. The highest BCUT2D eigenvalue weighted by Gasteiger charge is 2.36. The number of hydrogen-bond donors (Lipinski definition) is 1. The van der Waals surface area contributed by atoms with Crippen LogP contribution in [0.5, 0.6) is 17.2 Å². The van der Waals surface area contributed by atoms with Gasteiger partial charge >= 0.3 is 6.03 Å². The lowest BCUT2D eigenvalue weighted by Crippen LogP contribution is -2.53. The Balaban J connectivity index is 1.40. The normalized spacial score (nSPS) is 14.6. The lowest BCUT2D eigenvalue weighted by molar-refractivity contribution is -0.130. The third-order valence-electron chi connectivity index (χ3n) is 5.78. The molecular weight excluding hydrogens is 476 g/mol. The molecule has 1 fully saturated rings. The van der Waals surface area contributed by atoms with Crippen molar-refractivity contribution in [1.82, 2.24) is 10.2 Å². The molecule has 1 N–H and O–H groups in total. The summed E-state index contributed by atoms with van der Waals surface area (Å²) in [5.41, 5.74) is 2.54. The summed E-state index contributed by atoms with van der Waals surface area (Å²) >= 11 is 0. The Bertz CT molecular complexity index is 1310. The second-order valence-electron chi connectivity index (χ2n) is 8.47. The van der Waals surface area contributed by atoms with Crippen molar-refractivity contribution in [2.75, 3.05) is 20.3 Å². The Kier molecular flexibility index (Phi) is 7.92. The summed E-state index contributed by atoms with van der Waals surface area (Å²) in [4.78, 5) is 38.4. The van der Waals surface area contributed by atoms with E-state index in [4.69, 9.17) is 18.6 Å². The first-order valence-electron chi connectivity index (χ1n) is 11.8. The summed E-state index contributed by atoms with van der Waals surface area (Å²) in [7, 11) is 1.51. The van der Waals surface area contributed by atoms with E-state index in [9.17, 15) is 14.4 Å². The van der Waals surface area contributed by atoms with Crippen LogP contribution in [0, 0.1) is 13.8 Å². The average Bonchev–Trinajstić information content (AvgIpc) is 3.39. The van der Waals surface area contributed by atoms with Crippen LogP contribution in [-0.4, -0.2) is 43.1 Å². The first-order valence-corrected chi connectivity index (χ1v) is 11.8. The Morgan fingerprint density at radius 3 is 2.41 bits per heavy atom. The van der Waals surface area contributed by atoms with Crippen LogP contribution in [0.1, 0.15) is 28.9 Å². The summed E-state index contributed by atoms with van der Waals surface area (Å²) in [5.74, 6) is 0.785. The monoisotopic (exact) mass is 504 g/mol. The van der Waals surface area contributed by atoms with E-state index in [1.807, 2.05) is 32.0 Å². The molecule has 37 heavy (non-hydrogen) atoms. The highest BCUT2D eigenvalue weighted by atomic mass is 16.5. The van der Waals surface area contributed by atoms with Crippen LogP contribution < -0.4 is 19.5 Å². The van der Waals surface area contributed by atoms with Gasteiger partial charge in [0.1, 0.15) is 17.1 Å². The molecule has 2 aromatic carbocycles. The first-order chi connectivity index (χ1) is 17.9. The van der Waals surface area contributed by atoms with Gasteiger partial charge in [0.15, 0.2) is 11.5 Å². The number of urea groups is 1. The van der Waals surface area contributed by atoms with Crippen molar-refractivity contribution >= 4 is 23.9 Å². The molecule has 0 atom stereocenters. The van der Waals surface area contributed by atoms with E-state index in [1.165, 1.54) is 19.4 Å². The maximum absolute atomic E-state index is 12.9. The van der Waals surface area contributed by atoms with Gasteiger partial charge in [-0.25, -0.2) is 4.79 Å². The third-order valence-corrected chi connectivity index (χ3v) is 5.78. The van der Waals surface area contributed by atoms with E-state index < -0.39 is 17.8 Å². The molecule has 3 aromatic rings. The van der Waals surface area contributed by atoms with Crippen LogP contribution in [0.25, 0.3) is 6.08 Å². The van der Waals surface area contributed by atoms with Crippen LogP contribution in [0.3, 0.4) is 0 Å². The summed E-state index contributed by atoms with van der Waals surface area (Å²) < 4.78 is 22.4. The van der Waals surface area contributed by atoms with E-state index in [0.29, 0.717) is 42.5 Å². The fraction of sp³-hybridized carbons (Fsp3) is 0.250. The predicted molar refractivity (Wildman–Crippen MR) is 135 cm³/mol. The Morgan fingerprint density at radius 2 is 1.70 bits per heavy atom. The highest BCUT2D eigenvalue weighted by molar-refractivity contribution is 6.30. The van der Waals surface area contributed by atoms with E-state index in [0.717, 1.165) is 21.8 Å². The van der Waals surface area contributed by atoms with Crippen molar-refractivity contribution in [3.8, 4) is 17.2 Å². The molecule has 2 heterocycles. The van der Waals surface area contributed by atoms with Crippen molar-refractivity contribution in [3.05, 3.63) is 82.8 Å². The smallest absolute Gasteiger partial charge is 0.331 e. The largest absolute Gasteiger partial charge is 0.493 e. The second-order valence-corrected chi connectivity index (χ2v) is 8.47. The fourth-order valence-electron chi connectivity index (χ4n) is 3.90. The molecule has 192 valence electrons. The number of methoxy groups -OCH3 is 1. The maximum atomic E-state index is 12.9. The van der Waals surface area contributed by atoms with Crippen LogP contribution in [0.2, 0.25) is 0 Å². The molecule has 4 rings (SSSR count). The zero-order valence-electron chi connectivity index (χ0n) is 20.9. The topological polar surface area (TPSA) is 107 Å². The first kappa shape index (κ1) is 25.6. The number of carbonyl (C=O) groups is 3. The Hall–Kier alpha value is -4.53. The molecule has 9 heteroatoms. The summed E-state index contributed by atoms with van der Waals surface area (Å²) in [6.45, 7) is 4.85. The number of ether oxygens (including phenoxy) is 3. The predicted octanol–water partition coefficient (Wildman–Crippen LogP) is 4.41. The summed E-state index contributed by atoms with van der Waals surface area (Å²) in [6.07, 6.45) is 3.51. The highest BCUT2D eigenvalue weighted by Crippen LogP contribution is 2.30. The molecule has 0 bridgehead atoms. The van der Waals surface area contributed by atoms with Gasteiger partial charge in [0.25, 0.3) is 11.8 Å². The van der Waals surface area contributed by atoms with Crippen molar-refractivity contribution in [1.29, 1.82) is 0 Å². The lowest BCUT2D eigenvalue weighted by Gasteiger charge is -2.25. The quantitative estimate of drug-likeness (QED) is 0.247. The minimum absolute atomic E-state index is 0.0918. The third kappa shape index (κ3) is 6.00. The standard InChI is InChI=1S/C28H28N2O7/c1-18-7-4-8-19(2)25(18)37-14-6-13-36-23-11-10-20(16-24(23)34-3)15-22-26(31)29-28(33)30(27(22)32)17-21-9-5-12-35-21/h4-5,7-12,15-16H,6,13-14,17H2,1-3H3,(H,29,31,33)/b22-15-. The Morgan fingerprint density at radius 1 is 0.946 bits per heavy atom. The summed E-state index contributed by atoms with van der Waals surface area (Å²) in [6, 6.07) is 13.6. The summed E-state index contributed by atoms with van der Waals surface area (Å²) in [5, 5.41) is 2.19. The van der Waals surface area contributed by atoms with Crippen molar-refractivity contribution in [2.45, 2.75) is 26.8 Å². The van der Waals surface area contributed by atoms with Gasteiger partial charge in [-0.1, -0.05) is 24.3 Å². The number of benzene rings is 2. The number of para-hydroxylation sites is 1. The number of barbiturate groups is 1. The number of nitrogens with zero attached hydrogens (tertiary/aromatic N) is 1. The van der Waals surface area contributed by atoms with Gasteiger partial charge < -0.3 is 18.6 Å². The van der Waals surface area contributed by atoms with Gasteiger partial charge in [-0.05, 0) is 60.9 Å². The molecular formula is C28H28N2O7. The number of carbonyl (C=O) groups excluding carboxylic acids is 3. The zero-order chi connectivity index (χ0) is 26.4. The van der Waals surface area contributed by atoms with Crippen LogP contribution in [0.4, 0.5) is 4.79 Å². The van der Waals surface area contributed by atoms with Crippen molar-refractivity contribution in [2.24, 2.45) is 0 Å². The molecule has 4 amide bonds. The van der Waals surface area contributed by atoms with Gasteiger partial charge in [-0.2, -0.15) is 0 Å². The average molecular weight is 505 g/mol. The van der Waals surface area contributed by atoms with E-state index >= 15 is 0 Å². The maximum Gasteiger partial charge on any atom is 0.331 e. The Labute approximate surface area is 214 Å². The van der Waals surface area contributed by atoms with Crippen LogP contribution in [-0.2, 0) is 16.1 Å². The minimum Gasteiger partial charge on any atom is -0.493 e. The molecule has 1 aliphatic heterocycles. The minimum atomic E-state index is -0.800. The van der Waals surface area contributed by atoms with Gasteiger partial charge in [-0.3, -0.25) is 19.8 Å². The number of amides is 4. The number of furan rings is 1. The van der Waals surface area contributed by atoms with Crippen LogP contribution >= 0.6 is 0 Å². The van der Waals surface area contributed by atoms with Gasteiger partial charge in [-0.15, -0.1) is 0 Å². The van der Waals surface area contributed by atoms with Gasteiger partial charge in [0.2, 0.25) is 0 Å². The van der Waals surface area contributed by atoms with E-state index in [2.05, 4.69) is 5.32 Å². The van der Waals surface area contributed by atoms with Gasteiger partial charge in [0.05, 0.1) is 33.1 Å². The van der Waals surface area contributed by atoms with Crippen molar-refractivity contribution < 1.29 is 33.0 Å². The molecule has 1 aromatic heterocycles. The van der Waals surface area contributed by atoms with Gasteiger partial charge in [0, 0.05) is 6.42 Å². The number of aryl methyl sites for hydroxylation is 2. The number of nitrogens with one attached hydrogen (secondary N) is 1. The molecule has 0 unspecified atom stereocenters. The van der Waals surface area contributed by atoms with Crippen LogP contribution in [0.15, 0.2) is 64.8 Å². The molecule has 0 radical (unpaired) electrons. The van der Waals surface area contributed by atoms with Crippen molar-refractivity contribution in [3.63, 3.8) is 0 Å². The molecule has 1 saturated heterocycles. The second kappa shape index (κ2) is 11.5.